The Bertz CT molecular complexity index is 478. The lowest BCUT2D eigenvalue weighted by atomic mass is 9.86. The van der Waals surface area contributed by atoms with Gasteiger partial charge in [0.05, 0.1) is 6.54 Å². The van der Waals surface area contributed by atoms with Gasteiger partial charge in [-0.15, -0.1) is 0 Å². The molecule has 1 aliphatic carbocycles. The van der Waals surface area contributed by atoms with Gasteiger partial charge in [0.2, 0.25) is 11.8 Å². The number of amides is 1. The Balaban J connectivity index is 1.87. The van der Waals surface area contributed by atoms with Crippen LogP contribution in [-0.2, 0) is 10.4 Å². The molecule has 0 heterocycles. The standard InChI is InChI=1S/C16H21F2NO2/c1-15(21,13-5-3-2-4-6-13)11-19-14(20)12-7-9-16(17,18)10-8-12/h2-6,12,21H,7-11H2,1H3,(H,19,20). The van der Waals surface area contributed by atoms with Crippen molar-refractivity contribution in [2.24, 2.45) is 5.92 Å². The van der Waals surface area contributed by atoms with Gasteiger partial charge in [-0.2, -0.15) is 0 Å². The van der Waals surface area contributed by atoms with E-state index in [1.807, 2.05) is 18.2 Å². The molecule has 5 heteroatoms. The summed E-state index contributed by atoms with van der Waals surface area (Å²) in [7, 11) is 0. The molecule has 116 valence electrons. The molecular weight excluding hydrogens is 276 g/mol. The summed E-state index contributed by atoms with van der Waals surface area (Å²) in [6.45, 7) is 1.69. The molecular formula is C16H21F2NO2. The van der Waals surface area contributed by atoms with Gasteiger partial charge < -0.3 is 10.4 Å². The van der Waals surface area contributed by atoms with Gasteiger partial charge in [0.15, 0.2) is 0 Å². The highest BCUT2D eigenvalue weighted by Gasteiger charge is 2.37. The molecule has 0 aromatic heterocycles. The second-order valence-electron chi connectivity index (χ2n) is 5.99. The molecule has 2 N–H and O–H groups in total. The Morgan fingerprint density at radius 2 is 1.90 bits per heavy atom. The predicted octanol–water partition coefficient (Wildman–Crippen LogP) is 2.84. The maximum absolute atomic E-state index is 13.1. The fourth-order valence-corrected chi connectivity index (χ4v) is 2.61. The number of benzene rings is 1. The van der Waals surface area contributed by atoms with Crippen LogP contribution in [0.4, 0.5) is 8.78 Å². The normalized spacial score (nSPS) is 21.5. The third kappa shape index (κ3) is 4.24. The zero-order chi connectivity index (χ0) is 15.5. The summed E-state index contributed by atoms with van der Waals surface area (Å²) in [5.74, 6) is -3.26. The minimum Gasteiger partial charge on any atom is -0.384 e. The summed E-state index contributed by atoms with van der Waals surface area (Å²) in [5.41, 5.74) is -0.462. The quantitative estimate of drug-likeness (QED) is 0.898. The summed E-state index contributed by atoms with van der Waals surface area (Å²) >= 11 is 0. The minimum absolute atomic E-state index is 0.0722. The number of rotatable bonds is 4. The van der Waals surface area contributed by atoms with Gasteiger partial charge >= 0.3 is 0 Å². The molecule has 1 saturated carbocycles. The fourth-order valence-electron chi connectivity index (χ4n) is 2.61. The number of carbonyl (C=O) groups is 1. The van der Waals surface area contributed by atoms with Gasteiger partial charge in [-0.05, 0) is 25.3 Å². The van der Waals surface area contributed by atoms with Crippen LogP contribution in [0.25, 0.3) is 0 Å². The molecule has 1 aromatic rings. The highest BCUT2D eigenvalue weighted by atomic mass is 19.3. The monoisotopic (exact) mass is 297 g/mol. The first-order chi connectivity index (χ1) is 9.80. The molecule has 1 atom stereocenters. The average Bonchev–Trinajstić information content (AvgIpc) is 2.46. The van der Waals surface area contributed by atoms with Crippen molar-refractivity contribution in [2.45, 2.75) is 44.1 Å². The molecule has 0 spiro atoms. The Morgan fingerprint density at radius 1 is 1.33 bits per heavy atom. The Kier molecular flexibility index (Phi) is 4.61. The number of hydrogen-bond donors (Lipinski definition) is 2. The number of halogens is 2. The van der Waals surface area contributed by atoms with Crippen LogP contribution in [0.2, 0.25) is 0 Å². The second kappa shape index (κ2) is 6.10. The molecule has 0 radical (unpaired) electrons. The molecule has 3 nitrogen and oxygen atoms in total. The summed E-state index contributed by atoms with van der Waals surface area (Å²) < 4.78 is 26.1. The Hall–Kier alpha value is -1.49. The first kappa shape index (κ1) is 15.9. The molecule has 2 rings (SSSR count). The first-order valence-electron chi connectivity index (χ1n) is 7.24. The van der Waals surface area contributed by atoms with Gasteiger partial charge in [0.25, 0.3) is 0 Å². The van der Waals surface area contributed by atoms with E-state index < -0.39 is 11.5 Å². The maximum Gasteiger partial charge on any atom is 0.248 e. The summed E-state index contributed by atoms with van der Waals surface area (Å²) in [6, 6.07) is 9.05. The van der Waals surface area contributed by atoms with Gasteiger partial charge in [0.1, 0.15) is 5.60 Å². The van der Waals surface area contributed by atoms with E-state index in [9.17, 15) is 18.7 Å². The summed E-state index contributed by atoms with van der Waals surface area (Å²) in [4.78, 5) is 12.0. The molecule has 1 aliphatic rings. The van der Waals surface area contributed by atoms with E-state index in [1.165, 1.54) is 0 Å². The van der Waals surface area contributed by atoms with E-state index in [1.54, 1.807) is 19.1 Å². The zero-order valence-electron chi connectivity index (χ0n) is 12.1. The average molecular weight is 297 g/mol. The van der Waals surface area contributed by atoms with Gasteiger partial charge in [-0.1, -0.05) is 30.3 Å². The van der Waals surface area contributed by atoms with Crippen molar-refractivity contribution in [3.63, 3.8) is 0 Å². The van der Waals surface area contributed by atoms with Crippen LogP contribution in [0.3, 0.4) is 0 Å². The van der Waals surface area contributed by atoms with Crippen molar-refractivity contribution < 1.29 is 18.7 Å². The van der Waals surface area contributed by atoms with Gasteiger partial charge in [-0.3, -0.25) is 4.79 Å². The Labute approximate surface area is 123 Å². The first-order valence-corrected chi connectivity index (χ1v) is 7.24. The highest BCUT2D eigenvalue weighted by molar-refractivity contribution is 5.78. The van der Waals surface area contributed by atoms with Crippen molar-refractivity contribution in [3.8, 4) is 0 Å². The third-order valence-corrected chi connectivity index (χ3v) is 4.09. The van der Waals surface area contributed by atoms with Crippen molar-refractivity contribution in [1.29, 1.82) is 0 Å². The molecule has 1 aromatic carbocycles. The van der Waals surface area contributed by atoms with Crippen LogP contribution in [-0.4, -0.2) is 23.5 Å². The molecule has 1 unspecified atom stereocenters. The van der Waals surface area contributed by atoms with E-state index in [2.05, 4.69) is 5.32 Å². The number of hydrogen-bond acceptors (Lipinski definition) is 2. The molecule has 0 saturated heterocycles. The summed E-state index contributed by atoms with van der Waals surface area (Å²) in [5, 5.41) is 13.1. The largest absolute Gasteiger partial charge is 0.384 e. The lowest BCUT2D eigenvalue weighted by Gasteiger charge is -2.29. The number of carbonyl (C=O) groups excluding carboxylic acids is 1. The fraction of sp³-hybridized carbons (Fsp3) is 0.562. The van der Waals surface area contributed by atoms with Crippen molar-refractivity contribution >= 4 is 5.91 Å². The van der Waals surface area contributed by atoms with Crippen LogP contribution in [0, 0.1) is 5.92 Å². The number of nitrogens with one attached hydrogen (secondary N) is 1. The molecule has 0 bridgehead atoms. The van der Waals surface area contributed by atoms with Crippen molar-refractivity contribution in [1.82, 2.24) is 5.32 Å². The summed E-state index contributed by atoms with van der Waals surface area (Å²) in [6.07, 6.45) is -0.0705. The van der Waals surface area contributed by atoms with E-state index in [0.717, 1.165) is 0 Å². The smallest absolute Gasteiger partial charge is 0.248 e. The molecule has 21 heavy (non-hydrogen) atoms. The van der Waals surface area contributed by atoms with Gasteiger partial charge in [-0.25, -0.2) is 8.78 Å². The van der Waals surface area contributed by atoms with E-state index in [-0.39, 0.29) is 44.1 Å². The molecule has 0 aliphatic heterocycles. The second-order valence-corrected chi connectivity index (χ2v) is 5.99. The maximum atomic E-state index is 13.1. The minimum atomic E-state index is -2.63. The predicted molar refractivity (Wildman–Crippen MR) is 75.9 cm³/mol. The van der Waals surface area contributed by atoms with Crippen LogP contribution in [0.15, 0.2) is 30.3 Å². The third-order valence-electron chi connectivity index (χ3n) is 4.09. The van der Waals surface area contributed by atoms with E-state index in [4.69, 9.17) is 0 Å². The number of aliphatic hydroxyl groups is 1. The van der Waals surface area contributed by atoms with Gasteiger partial charge in [0, 0.05) is 18.8 Å². The molecule has 1 fully saturated rings. The van der Waals surface area contributed by atoms with Crippen LogP contribution in [0.5, 0.6) is 0 Å². The SMILES string of the molecule is CC(O)(CNC(=O)C1CCC(F)(F)CC1)c1ccccc1. The van der Waals surface area contributed by atoms with Crippen LogP contribution in [0.1, 0.15) is 38.2 Å². The lowest BCUT2D eigenvalue weighted by Crippen LogP contribution is -2.42. The lowest BCUT2D eigenvalue weighted by molar-refractivity contribution is -0.130. The van der Waals surface area contributed by atoms with Crippen molar-refractivity contribution in [2.75, 3.05) is 6.54 Å². The van der Waals surface area contributed by atoms with Crippen molar-refractivity contribution in [3.05, 3.63) is 35.9 Å². The van der Waals surface area contributed by atoms with Crippen LogP contribution >= 0.6 is 0 Å². The van der Waals surface area contributed by atoms with E-state index in [0.29, 0.717) is 5.56 Å². The van der Waals surface area contributed by atoms with Crippen LogP contribution < -0.4 is 5.32 Å². The number of alkyl halides is 2. The zero-order valence-corrected chi connectivity index (χ0v) is 12.1. The van der Waals surface area contributed by atoms with E-state index >= 15 is 0 Å². The Morgan fingerprint density at radius 3 is 2.48 bits per heavy atom. The highest BCUT2D eigenvalue weighted by Crippen LogP contribution is 2.36. The molecule has 1 amide bonds. The topological polar surface area (TPSA) is 49.3 Å².